The van der Waals surface area contributed by atoms with E-state index in [2.05, 4.69) is 74.3 Å². The number of benzene rings is 3. The molecule has 3 rings (SSSR count). The maximum absolute atomic E-state index is 6.63. The Balaban J connectivity index is 2.49. The van der Waals surface area contributed by atoms with Crippen molar-refractivity contribution in [1.29, 1.82) is 0 Å². The third-order valence-electron chi connectivity index (χ3n) is 3.69. The summed E-state index contributed by atoms with van der Waals surface area (Å²) in [7, 11) is 0. The van der Waals surface area contributed by atoms with Gasteiger partial charge in [-0.2, -0.15) is 0 Å². The van der Waals surface area contributed by atoms with Gasteiger partial charge in [0.25, 0.3) is 0 Å². The minimum atomic E-state index is 0.747. The van der Waals surface area contributed by atoms with Crippen molar-refractivity contribution >= 4 is 54.2 Å². The minimum Gasteiger partial charge on any atom is -0.0876 e. The van der Waals surface area contributed by atoms with Gasteiger partial charge in [0.2, 0.25) is 0 Å². The highest BCUT2D eigenvalue weighted by molar-refractivity contribution is 9.09. The largest absolute Gasteiger partial charge is 0.0876 e. The first-order valence-corrected chi connectivity index (χ1v) is 9.29. The Morgan fingerprint density at radius 3 is 1.90 bits per heavy atom. The second-order valence-corrected chi connectivity index (χ2v) is 6.32. The summed E-state index contributed by atoms with van der Waals surface area (Å²) >= 11 is 13.9. The SMILES string of the molecule is Clc1c(CBr)c(CBr)c(-c2ccccc2)c2ccccc12. The van der Waals surface area contributed by atoms with Crippen molar-refractivity contribution in [2.75, 3.05) is 0 Å². The van der Waals surface area contributed by atoms with E-state index >= 15 is 0 Å². The van der Waals surface area contributed by atoms with Crippen molar-refractivity contribution in [1.82, 2.24) is 0 Å². The van der Waals surface area contributed by atoms with E-state index in [0.717, 1.165) is 26.6 Å². The highest BCUT2D eigenvalue weighted by Gasteiger charge is 2.17. The van der Waals surface area contributed by atoms with Gasteiger partial charge in [0.15, 0.2) is 0 Å². The van der Waals surface area contributed by atoms with Gasteiger partial charge >= 0.3 is 0 Å². The molecule has 0 unspecified atom stereocenters. The van der Waals surface area contributed by atoms with E-state index < -0.39 is 0 Å². The molecule has 0 radical (unpaired) electrons. The van der Waals surface area contributed by atoms with Crippen LogP contribution in [0.3, 0.4) is 0 Å². The second-order valence-electron chi connectivity index (χ2n) is 4.82. The average molecular weight is 425 g/mol. The molecule has 0 amide bonds. The van der Waals surface area contributed by atoms with E-state index in [-0.39, 0.29) is 0 Å². The van der Waals surface area contributed by atoms with Crippen molar-refractivity contribution in [2.24, 2.45) is 0 Å². The molecule has 3 heteroatoms. The topological polar surface area (TPSA) is 0 Å². The molecule has 0 bridgehead atoms. The zero-order valence-electron chi connectivity index (χ0n) is 11.2. The van der Waals surface area contributed by atoms with E-state index in [4.69, 9.17) is 11.6 Å². The van der Waals surface area contributed by atoms with Crippen LogP contribution < -0.4 is 0 Å². The fraction of sp³-hybridized carbons (Fsp3) is 0.111. The molecule has 0 aliphatic rings. The number of fused-ring (bicyclic) bond motifs is 1. The van der Waals surface area contributed by atoms with E-state index in [1.165, 1.54) is 22.1 Å². The third kappa shape index (κ3) is 2.65. The molecule has 0 atom stereocenters. The van der Waals surface area contributed by atoms with Gasteiger partial charge in [0.05, 0.1) is 5.02 Å². The lowest BCUT2D eigenvalue weighted by Crippen LogP contribution is -1.97. The lowest BCUT2D eigenvalue weighted by molar-refractivity contribution is 1.32. The van der Waals surface area contributed by atoms with E-state index in [1.807, 2.05) is 12.1 Å². The fourth-order valence-corrected chi connectivity index (χ4v) is 4.47. The standard InChI is InChI=1S/C18H13Br2Cl/c19-10-15-16(11-20)18(21)14-9-5-4-8-13(14)17(15)12-6-2-1-3-7-12/h1-9H,10-11H2. The quantitative estimate of drug-likeness (QED) is 0.399. The van der Waals surface area contributed by atoms with Crippen molar-refractivity contribution in [3.05, 3.63) is 70.7 Å². The number of rotatable bonds is 3. The highest BCUT2D eigenvalue weighted by atomic mass is 79.9. The van der Waals surface area contributed by atoms with E-state index in [1.54, 1.807) is 0 Å². The zero-order valence-corrected chi connectivity index (χ0v) is 15.2. The molecule has 0 aliphatic carbocycles. The van der Waals surface area contributed by atoms with Crippen LogP contribution in [0, 0.1) is 0 Å². The molecule has 0 aliphatic heterocycles. The van der Waals surface area contributed by atoms with Crippen LogP contribution in [-0.4, -0.2) is 0 Å². The van der Waals surface area contributed by atoms with Crippen molar-refractivity contribution in [3.63, 3.8) is 0 Å². The molecular weight excluding hydrogens is 411 g/mol. The second kappa shape index (κ2) is 6.51. The molecule has 0 nitrogen and oxygen atoms in total. The maximum atomic E-state index is 6.63. The first-order chi connectivity index (χ1) is 10.3. The van der Waals surface area contributed by atoms with Crippen LogP contribution in [0.25, 0.3) is 21.9 Å². The highest BCUT2D eigenvalue weighted by Crippen LogP contribution is 2.41. The smallest absolute Gasteiger partial charge is 0.0528 e. The Morgan fingerprint density at radius 2 is 1.29 bits per heavy atom. The summed E-state index contributed by atoms with van der Waals surface area (Å²) in [6, 6.07) is 18.8. The number of halogens is 3. The van der Waals surface area contributed by atoms with Gasteiger partial charge in [-0.05, 0) is 27.6 Å². The van der Waals surface area contributed by atoms with Gasteiger partial charge in [0.1, 0.15) is 0 Å². The van der Waals surface area contributed by atoms with Gasteiger partial charge in [-0.1, -0.05) is 98.1 Å². The number of hydrogen-bond donors (Lipinski definition) is 0. The summed E-state index contributed by atoms with van der Waals surface area (Å²) in [5, 5.41) is 4.68. The Morgan fingerprint density at radius 1 is 0.714 bits per heavy atom. The number of alkyl halides is 2. The van der Waals surface area contributed by atoms with E-state index in [0.29, 0.717) is 0 Å². The summed E-state index contributed by atoms with van der Waals surface area (Å²) in [4.78, 5) is 0. The third-order valence-corrected chi connectivity index (χ3v) is 5.25. The van der Waals surface area contributed by atoms with Crippen LogP contribution in [0.4, 0.5) is 0 Å². The van der Waals surface area contributed by atoms with Crippen LogP contribution in [0.2, 0.25) is 5.02 Å². The average Bonchev–Trinajstić information content (AvgIpc) is 2.55. The molecule has 0 aromatic heterocycles. The molecule has 0 N–H and O–H groups in total. The monoisotopic (exact) mass is 422 g/mol. The molecular formula is C18H13Br2Cl. The lowest BCUT2D eigenvalue weighted by atomic mass is 9.91. The summed E-state index contributed by atoms with van der Waals surface area (Å²) in [5.41, 5.74) is 4.90. The predicted molar refractivity (Wildman–Crippen MR) is 99.7 cm³/mol. The van der Waals surface area contributed by atoms with Gasteiger partial charge in [0, 0.05) is 16.0 Å². The Hall–Kier alpha value is -0.830. The molecule has 3 aromatic rings. The van der Waals surface area contributed by atoms with Gasteiger partial charge in [-0.25, -0.2) is 0 Å². The summed E-state index contributed by atoms with van der Waals surface area (Å²) in [5.74, 6) is 0. The Labute approximate surface area is 146 Å². The molecule has 3 aromatic carbocycles. The molecule has 21 heavy (non-hydrogen) atoms. The first kappa shape index (κ1) is 15.1. The van der Waals surface area contributed by atoms with Crippen LogP contribution in [0.5, 0.6) is 0 Å². The number of hydrogen-bond acceptors (Lipinski definition) is 0. The van der Waals surface area contributed by atoms with Crippen molar-refractivity contribution < 1.29 is 0 Å². The summed E-state index contributed by atoms with van der Waals surface area (Å²) in [6.45, 7) is 0. The minimum absolute atomic E-state index is 0.747. The van der Waals surface area contributed by atoms with Crippen molar-refractivity contribution in [2.45, 2.75) is 10.7 Å². The summed E-state index contributed by atoms with van der Waals surface area (Å²) in [6.07, 6.45) is 0. The van der Waals surface area contributed by atoms with Crippen molar-refractivity contribution in [3.8, 4) is 11.1 Å². The molecule has 0 saturated heterocycles. The molecule has 106 valence electrons. The fourth-order valence-electron chi connectivity index (χ4n) is 2.72. The maximum Gasteiger partial charge on any atom is 0.0528 e. The Kier molecular flexibility index (Phi) is 4.68. The summed E-state index contributed by atoms with van der Waals surface area (Å²) < 4.78 is 0. The molecule has 0 saturated carbocycles. The van der Waals surface area contributed by atoms with Crippen LogP contribution in [0.1, 0.15) is 11.1 Å². The van der Waals surface area contributed by atoms with Crippen LogP contribution >= 0.6 is 43.5 Å². The van der Waals surface area contributed by atoms with Crippen LogP contribution in [-0.2, 0) is 10.7 Å². The van der Waals surface area contributed by atoms with Gasteiger partial charge in [-0.3, -0.25) is 0 Å². The normalized spacial score (nSPS) is 11.0. The zero-order chi connectivity index (χ0) is 14.8. The Bertz CT molecular complexity index is 782. The lowest BCUT2D eigenvalue weighted by Gasteiger charge is -2.18. The van der Waals surface area contributed by atoms with Gasteiger partial charge in [-0.15, -0.1) is 0 Å². The molecule has 0 spiro atoms. The van der Waals surface area contributed by atoms with E-state index in [9.17, 15) is 0 Å². The predicted octanol–water partition coefficient (Wildman–Crippen LogP) is 6.95. The molecule has 0 heterocycles. The van der Waals surface area contributed by atoms with Crippen LogP contribution in [0.15, 0.2) is 54.6 Å². The molecule has 0 fully saturated rings. The van der Waals surface area contributed by atoms with Gasteiger partial charge < -0.3 is 0 Å². The first-order valence-electron chi connectivity index (χ1n) is 6.67.